The molecule has 2 aliphatic rings. The van der Waals surface area contributed by atoms with E-state index in [4.69, 9.17) is 9.47 Å². The highest BCUT2D eigenvalue weighted by atomic mass is 32.2. The van der Waals surface area contributed by atoms with Gasteiger partial charge in [0.1, 0.15) is 32.7 Å². The Morgan fingerprint density at radius 3 is 1.26 bits per heavy atom. The van der Waals surface area contributed by atoms with Crippen LogP contribution < -0.4 is 20.3 Å². The summed E-state index contributed by atoms with van der Waals surface area (Å²) in [5.74, 6) is -0.455. The van der Waals surface area contributed by atoms with E-state index in [0.717, 1.165) is 12.2 Å². The lowest BCUT2D eigenvalue weighted by atomic mass is 9.95. The highest BCUT2D eigenvalue weighted by molar-refractivity contribution is 7.95. The normalized spacial score (nSPS) is 15.9. The van der Waals surface area contributed by atoms with Crippen molar-refractivity contribution in [1.82, 2.24) is 0 Å². The summed E-state index contributed by atoms with van der Waals surface area (Å²) in [5.41, 5.74) is 7.28. The molecule has 4 aromatic carbocycles. The number of nitrogens with zero attached hydrogens (tertiary/aromatic N) is 2. The molecule has 0 fully saturated rings. The van der Waals surface area contributed by atoms with E-state index < -0.39 is 41.6 Å². The molecule has 0 bridgehead atoms. The molecule has 4 N–H and O–H groups in total. The predicted molar refractivity (Wildman–Crippen MR) is 188 cm³/mol. The highest BCUT2D eigenvalue weighted by Gasteiger charge is 2.31. The van der Waals surface area contributed by atoms with E-state index in [1.807, 2.05) is 0 Å². The van der Waals surface area contributed by atoms with Gasteiger partial charge in [0.05, 0.1) is 25.6 Å². The van der Waals surface area contributed by atoms with Crippen LogP contribution in [-0.4, -0.2) is 63.2 Å². The Morgan fingerprint density at radius 2 is 0.920 bits per heavy atom. The number of carbonyl (C=O) groups is 2. The molecule has 0 aromatic heterocycles. The molecule has 254 valence electrons. The van der Waals surface area contributed by atoms with Gasteiger partial charge in [-0.3, -0.25) is 29.5 Å². The van der Waals surface area contributed by atoms with Crippen molar-refractivity contribution in [3.63, 3.8) is 0 Å². The molecule has 0 atom stereocenters. The lowest BCUT2D eigenvalue weighted by Crippen LogP contribution is -2.22. The topological polar surface area (TPSA) is 210 Å². The van der Waals surface area contributed by atoms with Gasteiger partial charge in [0, 0.05) is 22.3 Å². The third-order valence-electron chi connectivity index (χ3n) is 7.76. The minimum atomic E-state index is -4.66. The summed E-state index contributed by atoms with van der Waals surface area (Å²) in [6.07, 6.45) is 1.99. The Morgan fingerprint density at radius 1 is 0.560 bits per heavy atom. The quantitative estimate of drug-likeness (QED) is 0.131. The Kier molecular flexibility index (Phi) is 8.94. The number of nitrogens with one attached hydrogen (secondary N) is 2. The fraction of sp³-hybridized carbons (Fsp3) is 0.0588. The van der Waals surface area contributed by atoms with Crippen LogP contribution in [0, 0.1) is 0 Å². The highest BCUT2D eigenvalue weighted by Crippen LogP contribution is 2.36. The van der Waals surface area contributed by atoms with Gasteiger partial charge < -0.3 is 9.47 Å². The number of fused-ring (bicyclic) bond motifs is 2. The molecule has 14 nitrogen and oxygen atoms in total. The van der Waals surface area contributed by atoms with Crippen LogP contribution in [0.25, 0.3) is 20.9 Å². The number of hydrazone groups is 2. The number of allylic oxidation sites excluding steroid dienone is 2. The minimum Gasteiger partial charge on any atom is -0.494 e. The molecule has 0 radical (unpaired) electrons. The van der Waals surface area contributed by atoms with Crippen LogP contribution >= 0.6 is 0 Å². The molecule has 0 spiro atoms. The summed E-state index contributed by atoms with van der Waals surface area (Å²) in [5, 5.41) is 8.22. The zero-order valence-electron chi connectivity index (χ0n) is 26.1. The summed E-state index contributed by atoms with van der Waals surface area (Å²) in [6, 6.07) is 22.0. The van der Waals surface area contributed by atoms with E-state index in [-0.39, 0.29) is 33.7 Å². The van der Waals surface area contributed by atoms with Crippen molar-refractivity contribution < 1.29 is 45.0 Å². The first-order valence-corrected chi connectivity index (χ1v) is 17.4. The maximum atomic E-state index is 13.0. The number of rotatable bonds is 9. The van der Waals surface area contributed by atoms with Gasteiger partial charge in [-0.1, -0.05) is 60.7 Å². The standard InChI is InChI=1S/C34H26N4O10S2/c1-47-29-15-19(11-13-25(29)35-37-27-17-31(49(41,42)43)21-7-3-5-9-23(21)33(27)39)20-12-14-26(30(16-20)48-2)36-38-28-18-32(50(44,45)46)22-8-4-6-10-24(22)34(28)40/h3-18,35-36H,1-2H3,(H,41,42,43)(H,44,45,46)/b37-27+,38-28+. The third kappa shape index (κ3) is 6.55. The van der Waals surface area contributed by atoms with Gasteiger partial charge in [0.25, 0.3) is 20.2 Å². The van der Waals surface area contributed by atoms with Crippen LogP contribution in [-0.2, 0) is 20.2 Å². The third-order valence-corrected chi connectivity index (χ3v) is 9.55. The average Bonchev–Trinajstić information content (AvgIpc) is 3.10. The molecule has 0 saturated carbocycles. The van der Waals surface area contributed by atoms with Crippen LogP contribution in [0.3, 0.4) is 0 Å². The van der Waals surface area contributed by atoms with Crippen molar-refractivity contribution in [3.05, 3.63) is 119 Å². The second kappa shape index (κ2) is 13.2. The molecule has 0 saturated heterocycles. The van der Waals surface area contributed by atoms with E-state index >= 15 is 0 Å². The first-order valence-electron chi connectivity index (χ1n) is 14.5. The molecular weight excluding hydrogens is 689 g/mol. The average molecular weight is 715 g/mol. The number of anilines is 2. The van der Waals surface area contributed by atoms with Crippen LogP contribution in [0.2, 0.25) is 0 Å². The molecule has 6 rings (SSSR count). The van der Waals surface area contributed by atoms with Gasteiger partial charge in [-0.15, -0.1) is 0 Å². The maximum absolute atomic E-state index is 13.0. The van der Waals surface area contributed by atoms with Crippen molar-refractivity contribution in [2.75, 3.05) is 25.1 Å². The Balaban J connectivity index is 1.26. The Hall–Kier alpha value is -5.94. The number of benzene rings is 4. The number of hydrogen-bond acceptors (Lipinski definition) is 12. The zero-order valence-corrected chi connectivity index (χ0v) is 27.7. The molecule has 0 aliphatic heterocycles. The Bertz CT molecular complexity index is 2280. The molecule has 0 heterocycles. The van der Waals surface area contributed by atoms with Crippen molar-refractivity contribution in [1.29, 1.82) is 0 Å². The minimum absolute atomic E-state index is 0.0683. The summed E-state index contributed by atoms with van der Waals surface area (Å²) < 4.78 is 78.7. The number of methoxy groups -OCH3 is 2. The van der Waals surface area contributed by atoms with Crippen LogP contribution in [0.4, 0.5) is 11.4 Å². The Labute approximate surface area is 285 Å². The molecule has 0 unspecified atom stereocenters. The summed E-state index contributed by atoms with van der Waals surface area (Å²) in [7, 11) is -6.47. The lowest BCUT2D eigenvalue weighted by molar-refractivity contribution is 0.105. The second-order valence-corrected chi connectivity index (χ2v) is 13.5. The molecule has 16 heteroatoms. The molecule has 4 aromatic rings. The van der Waals surface area contributed by atoms with E-state index in [0.29, 0.717) is 34.0 Å². The number of ether oxygens (including phenoxy) is 2. The van der Waals surface area contributed by atoms with Gasteiger partial charge in [-0.25, -0.2) is 0 Å². The monoisotopic (exact) mass is 714 g/mol. The second-order valence-electron chi connectivity index (χ2n) is 10.8. The van der Waals surface area contributed by atoms with Crippen LogP contribution in [0.1, 0.15) is 31.8 Å². The van der Waals surface area contributed by atoms with Crippen molar-refractivity contribution >= 4 is 64.4 Å². The smallest absolute Gasteiger partial charge is 0.295 e. The van der Waals surface area contributed by atoms with Crippen molar-refractivity contribution in [2.45, 2.75) is 0 Å². The van der Waals surface area contributed by atoms with E-state index in [9.17, 15) is 35.5 Å². The maximum Gasteiger partial charge on any atom is 0.295 e. The van der Waals surface area contributed by atoms with Crippen LogP contribution in [0.5, 0.6) is 11.5 Å². The number of Topliss-reactive ketones (excluding diaryl/α,β-unsaturated/α-hetero) is 2. The summed E-state index contributed by atoms with van der Waals surface area (Å²) in [6.45, 7) is 0. The summed E-state index contributed by atoms with van der Waals surface area (Å²) >= 11 is 0. The lowest BCUT2D eigenvalue weighted by Gasteiger charge is -2.17. The zero-order chi connectivity index (χ0) is 35.8. The predicted octanol–water partition coefficient (Wildman–Crippen LogP) is 5.16. The van der Waals surface area contributed by atoms with Gasteiger partial charge >= 0.3 is 0 Å². The van der Waals surface area contributed by atoms with Crippen molar-refractivity contribution in [2.24, 2.45) is 10.2 Å². The van der Waals surface area contributed by atoms with Gasteiger partial charge in [0.15, 0.2) is 0 Å². The SMILES string of the molecule is COc1cc(-c2ccc(N/N=C3\C=C(S(=O)(=O)O)c4ccccc4C3=O)c(OC)c2)ccc1N/N=C1\C=C(S(=O)(=O)O)c2ccccc2C1=O. The molecule has 2 aliphatic carbocycles. The molecule has 0 amide bonds. The largest absolute Gasteiger partial charge is 0.494 e. The van der Waals surface area contributed by atoms with Crippen LogP contribution in [0.15, 0.2) is 107 Å². The van der Waals surface area contributed by atoms with E-state index in [1.54, 1.807) is 60.7 Å². The van der Waals surface area contributed by atoms with Gasteiger partial charge in [-0.2, -0.15) is 27.0 Å². The number of carbonyl (C=O) groups excluding carboxylic acids is 2. The van der Waals surface area contributed by atoms with Gasteiger partial charge in [0.2, 0.25) is 11.6 Å². The molecular formula is C34H26N4O10S2. The fourth-order valence-corrected chi connectivity index (χ4v) is 6.80. The van der Waals surface area contributed by atoms with E-state index in [2.05, 4.69) is 21.1 Å². The number of hydrogen-bond donors (Lipinski definition) is 4. The fourth-order valence-electron chi connectivity index (χ4n) is 5.36. The van der Waals surface area contributed by atoms with Crippen molar-refractivity contribution in [3.8, 4) is 22.6 Å². The molecule has 50 heavy (non-hydrogen) atoms. The number of ketones is 2. The first kappa shape index (κ1) is 33.9. The van der Waals surface area contributed by atoms with E-state index in [1.165, 1.54) is 38.5 Å². The first-order chi connectivity index (χ1) is 23.8. The summed E-state index contributed by atoms with van der Waals surface area (Å²) in [4.78, 5) is 25.2. The van der Waals surface area contributed by atoms with Gasteiger partial charge in [-0.05, 0) is 47.5 Å².